The molecule has 0 saturated heterocycles. The molecular formula is C15H26N2OS. The first-order chi connectivity index (χ1) is 9.04. The van der Waals surface area contributed by atoms with Crippen molar-refractivity contribution in [3.05, 3.63) is 0 Å². The maximum Gasteiger partial charge on any atom is 0.233 e. The van der Waals surface area contributed by atoms with Gasteiger partial charge in [-0.05, 0) is 38.0 Å². The molecule has 2 saturated carbocycles. The van der Waals surface area contributed by atoms with Crippen LogP contribution in [0.1, 0.15) is 64.7 Å². The molecule has 0 heterocycles. The third-order valence-corrected chi connectivity index (χ3v) is 5.28. The molecule has 0 aromatic rings. The summed E-state index contributed by atoms with van der Waals surface area (Å²) in [6, 6.07) is 0.331. The Balaban J connectivity index is 2.05. The quantitative estimate of drug-likeness (QED) is 0.618. The van der Waals surface area contributed by atoms with Crippen molar-refractivity contribution in [1.29, 1.82) is 0 Å². The van der Waals surface area contributed by atoms with Crippen LogP contribution in [0.3, 0.4) is 0 Å². The first-order valence-corrected chi connectivity index (χ1v) is 8.06. The van der Waals surface area contributed by atoms with Gasteiger partial charge in [0.1, 0.15) is 0 Å². The maximum atomic E-state index is 12.7. The molecule has 1 amide bonds. The second kappa shape index (κ2) is 6.21. The van der Waals surface area contributed by atoms with E-state index in [2.05, 4.69) is 12.2 Å². The first kappa shape index (κ1) is 14.8. The van der Waals surface area contributed by atoms with Gasteiger partial charge < -0.3 is 11.1 Å². The van der Waals surface area contributed by atoms with Crippen LogP contribution in [-0.2, 0) is 4.79 Å². The third-order valence-electron chi connectivity index (χ3n) is 4.89. The highest BCUT2D eigenvalue weighted by Gasteiger charge is 2.42. The van der Waals surface area contributed by atoms with E-state index in [1.807, 2.05) is 0 Å². The van der Waals surface area contributed by atoms with Crippen LogP contribution in [0.2, 0.25) is 0 Å². The van der Waals surface area contributed by atoms with Crippen LogP contribution in [0.25, 0.3) is 0 Å². The van der Waals surface area contributed by atoms with E-state index in [0.717, 1.165) is 44.4 Å². The molecule has 2 unspecified atom stereocenters. The Morgan fingerprint density at radius 1 is 1.21 bits per heavy atom. The van der Waals surface area contributed by atoms with Crippen LogP contribution in [0, 0.1) is 11.3 Å². The number of nitrogens with one attached hydrogen (secondary N) is 1. The van der Waals surface area contributed by atoms with Crippen molar-refractivity contribution in [2.75, 3.05) is 0 Å². The van der Waals surface area contributed by atoms with Crippen molar-refractivity contribution in [3.8, 4) is 0 Å². The van der Waals surface area contributed by atoms with Crippen LogP contribution in [0.15, 0.2) is 0 Å². The van der Waals surface area contributed by atoms with Gasteiger partial charge in [-0.2, -0.15) is 0 Å². The van der Waals surface area contributed by atoms with Gasteiger partial charge in [0, 0.05) is 6.04 Å². The fourth-order valence-electron chi connectivity index (χ4n) is 3.58. The zero-order chi connectivity index (χ0) is 13.9. The minimum atomic E-state index is -0.572. The van der Waals surface area contributed by atoms with Crippen molar-refractivity contribution in [1.82, 2.24) is 5.32 Å². The molecule has 0 aromatic heterocycles. The molecule has 2 aliphatic carbocycles. The summed E-state index contributed by atoms with van der Waals surface area (Å²) in [7, 11) is 0. The molecule has 0 aliphatic heterocycles. The van der Waals surface area contributed by atoms with Gasteiger partial charge in [-0.3, -0.25) is 4.79 Å². The summed E-state index contributed by atoms with van der Waals surface area (Å²) in [4.78, 5) is 13.1. The average Bonchev–Trinajstić information content (AvgIpc) is 2.65. The number of amides is 1. The molecular weight excluding hydrogens is 256 g/mol. The molecule has 0 bridgehead atoms. The van der Waals surface area contributed by atoms with Crippen LogP contribution < -0.4 is 11.1 Å². The molecule has 19 heavy (non-hydrogen) atoms. The van der Waals surface area contributed by atoms with E-state index in [-0.39, 0.29) is 5.91 Å². The normalized spacial score (nSPS) is 30.6. The smallest absolute Gasteiger partial charge is 0.233 e. The van der Waals surface area contributed by atoms with Crippen LogP contribution in [0.5, 0.6) is 0 Å². The van der Waals surface area contributed by atoms with Gasteiger partial charge in [-0.1, -0.05) is 44.8 Å². The SMILES string of the molecule is CC1CCC(NC(=O)C2(C(N)=S)CCCCCC2)C1. The maximum absolute atomic E-state index is 12.7. The highest BCUT2D eigenvalue weighted by atomic mass is 32.1. The van der Waals surface area contributed by atoms with Crippen LogP contribution in [0.4, 0.5) is 0 Å². The van der Waals surface area contributed by atoms with Crippen molar-refractivity contribution in [2.45, 2.75) is 70.8 Å². The predicted molar refractivity (Wildman–Crippen MR) is 81.9 cm³/mol. The number of thiocarbonyl (C=S) groups is 1. The van der Waals surface area contributed by atoms with E-state index in [9.17, 15) is 4.79 Å². The molecule has 0 radical (unpaired) electrons. The lowest BCUT2D eigenvalue weighted by Gasteiger charge is -2.31. The van der Waals surface area contributed by atoms with E-state index in [4.69, 9.17) is 18.0 Å². The Hall–Kier alpha value is -0.640. The number of hydrogen-bond acceptors (Lipinski definition) is 2. The number of hydrogen-bond donors (Lipinski definition) is 2. The molecule has 0 spiro atoms. The Morgan fingerprint density at radius 2 is 1.84 bits per heavy atom. The molecule has 3 nitrogen and oxygen atoms in total. The van der Waals surface area contributed by atoms with E-state index in [0.29, 0.717) is 11.0 Å². The fourth-order valence-corrected chi connectivity index (χ4v) is 3.88. The lowest BCUT2D eigenvalue weighted by atomic mass is 9.79. The van der Waals surface area contributed by atoms with Gasteiger partial charge in [0.2, 0.25) is 5.91 Å². The highest BCUT2D eigenvalue weighted by molar-refractivity contribution is 7.80. The van der Waals surface area contributed by atoms with Gasteiger partial charge in [0.15, 0.2) is 0 Å². The van der Waals surface area contributed by atoms with Crippen molar-refractivity contribution < 1.29 is 4.79 Å². The molecule has 2 atom stereocenters. The summed E-state index contributed by atoms with van der Waals surface area (Å²) in [6.45, 7) is 2.25. The number of carbonyl (C=O) groups excluding carboxylic acids is 1. The zero-order valence-electron chi connectivity index (χ0n) is 11.9. The second-order valence-electron chi connectivity index (χ2n) is 6.45. The molecule has 0 aromatic carbocycles. The predicted octanol–water partition coefficient (Wildman–Crippen LogP) is 2.92. The van der Waals surface area contributed by atoms with E-state index in [1.165, 1.54) is 19.3 Å². The van der Waals surface area contributed by atoms with Crippen molar-refractivity contribution in [2.24, 2.45) is 17.1 Å². The van der Waals surface area contributed by atoms with Gasteiger partial charge in [0.05, 0.1) is 10.4 Å². The summed E-state index contributed by atoms with van der Waals surface area (Å²) in [5.41, 5.74) is 5.37. The van der Waals surface area contributed by atoms with E-state index < -0.39 is 5.41 Å². The molecule has 2 rings (SSSR count). The van der Waals surface area contributed by atoms with Gasteiger partial charge in [-0.25, -0.2) is 0 Å². The van der Waals surface area contributed by atoms with Gasteiger partial charge in [0.25, 0.3) is 0 Å². The van der Waals surface area contributed by atoms with Gasteiger partial charge >= 0.3 is 0 Å². The number of carbonyl (C=O) groups is 1. The Bertz CT molecular complexity index is 348. The largest absolute Gasteiger partial charge is 0.392 e. The lowest BCUT2D eigenvalue weighted by Crippen LogP contribution is -2.51. The Kier molecular flexibility index (Phi) is 4.82. The highest BCUT2D eigenvalue weighted by Crippen LogP contribution is 2.36. The summed E-state index contributed by atoms with van der Waals surface area (Å²) in [5.74, 6) is 0.821. The summed E-state index contributed by atoms with van der Waals surface area (Å²) in [5, 5.41) is 3.22. The van der Waals surface area contributed by atoms with Crippen molar-refractivity contribution >= 4 is 23.1 Å². The van der Waals surface area contributed by atoms with Crippen molar-refractivity contribution in [3.63, 3.8) is 0 Å². The summed E-state index contributed by atoms with van der Waals surface area (Å²) >= 11 is 5.25. The molecule has 4 heteroatoms. The van der Waals surface area contributed by atoms with Crippen LogP contribution in [-0.4, -0.2) is 16.9 Å². The zero-order valence-corrected chi connectivity index (χ0v) is 12.7. The molecule has 2 aliphatic rings. The van der Waals surface area contributed by atoms with Gasteiger partial charge in [-0.15, -0.1) is 0 Å². The molecule has 108 valence electrons. The lowest BCUT2D eigenvalue weighted by molar-refractivity contribution is -0.128. The standard InChI is InChI=1S/C15H26N2OS/c1-11-6-7-12(10-11)17-14(18)15(13(16)19)8-4-2-3-5-9-15/h11-12H,2-10H2,1H3,(H2,16,19)(H,17,18). The number of nitrogens with two attached hydrogens (primary N) is 1. The van der Waals surface area contributed by atoms with Crippen LogP contribution >= 0.6 is 12.2 Å². The fraction of sp³-hybridized carbons (Fsp3) is 0.867. The average molecular weight is 282 g/mol. The van der Waals surface area contributed by atoms with E-state index >= 15 is 0 Å². The molecule has 3 N–H and O–H groups in total. The monoisotopic (exact) mass is 282 g/mol. The minimum absolute atomic E-state index is 0.0981. The Labute approximate surface area is 121 Å². The second-order valence-corrected chi connectivity index (χ2v) is 6.89. The summed E-state index contributed by atoms with van der Waals surface area (Å²) in [6.07, 6.45) is 9.57. The summed E-state index contributed by atoms with van der Waals surface area (Å²) < 4.78 is 0. The Morgan fingerprint density at radius 3 is 2.32 bits per heavy atom. The molecule has 2 fully saturated rings. The topological polar surface area (TPSA) is 55.1 Å². The number of rotatable bonds is 3. The first-order valence-electron chi connectivity index (χ1n) is 7.65. The third kappa shape index (κ3) is 3.28. The minimum Gasteiger partial charge on any atom is -0.392 e. The van der Waals surface area contributed by atoms with E-state index in [1.54, 1.807) is 0 Å².